The molecule has 0 aromatic carbocycles. The van der Waals surface area contributed by atoms with Crippen molar-refractivity contribution in [2.45, 2.75) is 38.2 Å². The molecule has 0 aromatic heterocycles. The Hall–Kier alpha value is -0.660. The number of aliphatic hydroxyl groups excluding tert-OH is 1. The van der Waals surface area contributed by atoms with Crippen LogP contribution in [0.2, 0.25) is 0 Å². The van der Waals surface area contributed by atoms with Gasteiger partial charge in [0.25, 0.3) is 10.1 Å². The predicted molar refractivity (Wildman–Crippen MR) is 69.4 cm³/mol. The van der Waals surface area contributed by atoms with Crippen LogP contribution in [0.4, 0.5) is 0 Å². The molecule has 0 aromatic rings. The smallest absolute Gasteiger partial charge is 0.312 e. The minimum Gasteiger partial charge on any atom is -0.464 e. The van der Waals surface area contributed by atoms with Crippen molar-refractivity contribution in [3.63, 3.8) is 0 Å². The number of rotatable bonds is 4. The molecular weight excluding hydrogens is 284 g/mol. The molecule has 4 aliphatic rings. The monoisotopic (exact) mass is 304 g/mol. The second-order valence-electron chi connectivity index (χ2n) is 6.66. The van der Waals surface area contributed by atoms with E-state index >= 15 is 0 Å². The zero-order valence-corrected chi connectivity index (χ0v) is 12.0. The van der Waals surface area contributed by atoms with Crippen molar-refractivity contribution in [3.05, 3.63) is 0 Å². The van der Waals surface area contributed by atoms with Gasteiger partial charge in [-0.3, -0.25) is 9.35 Å². The molecule has 0 heterocycles. The van der Waals surface area contributed by atoms with E-state index in [1.807, 2.05) is 0 Å². The molecule has 0 saturated heterocycles. The molecule has 114 valence electrons. The van der Waals surface area contributed by atoms with Crippen molar-refractivity contribution in [3.8, 4) is 0 Å². The molecular formula is C13H20O6S. The van der Waals surface area contributed by atoms with E-state index in [4.69, 9.17) is 9.29 Å². The summed E-state index contributed by atoms with van der Waals surface area (Å²) in [6.07, 6.45) is 3.75. The summed E-state index contributed by atoms with van der Waals surface area (Å²) in [4.78, 5) is 12.3. The standard InChI is InChI=1S/C13H20O6S/c14-11-9-3-8-4-10(11)7-13(5-8,6-9)12(15)19-1-2-20(16,17)18/h8-11,14H,1-7H2,(H,16,17,18). The summed E-state index contributed by atoms with van der Waals surface area (Å²) in [5.41, 5.74) is -0.533. The number of esters is 1. The van der Waals surface area contributed by atoms with E-state index in [2.05, 4.69) is 0 Å². The van der Waals surface area contributed by atoms with Gasteiger partial charge in [-0.15, -0.1) is 0 Å². The van der Waals surface area contributed by atoms with Crippen LogP contribution in [0, 0.1) is 23.2 Å². The Morgan fingerprint density at radius 2 is 1.80 bits per heavy atom. The minimum absolute atomic E-state index is 0.176. The van der Waals surface area contributed by atoms with E-state index in [0.717, 1.165) is 19.3 Å². The van der Waals surface area contributed by atoms with Crippen LogP contribution in [-0.4, -0.2) is 42.5 Å². The van der Waals surface area contributed by atoms with Crippen molar-refractivity contribution in [2.24, 2.45) is 23.2 Å². The topological polar surface area (TPSA) is 101 Å². The van der Waals surface area contributed by atoms with Gasteiger partial charge in [0, 0.05) is 0 Å². The molecule has 0 spiro atoms. The largest absolute Gasteiger partial charge is 0.464 e. The summed E-state index contributed by atoms with van der Waals surface area (Å²) in [5, 5.41) is 10.1. The summed E-state index contributed by atoms with van der Waals surface area (Å²) in [5.74, 6) is -0.0866. The summed E-state index contributed by atoms with van der Waals surface area (Å²) in [7, 11) is -4.10. The number of hydrogen-bond donors (Lipinski definition) is 2. The van der Waals surface area contributed by atoms with Crippen molar-refractivity contribution in [1.29, 1.82) is 0 Å². The van der Waals surface area contributed by atoms with E-state index in [1.54, 1.807) is 0 Å². The SMILES string of the molecule is O=C(OCCS(=O)(=O)O)C12CC3CC(C1)C(O)C(C3)C2. The summed E-state index contributed by atoms with van der Waals surface area (Å²) < 4.78 is 35.0. The highest BCUT2D eigenvalue weighted by Gasteiger charge is 2.58. The first kappa shape index (κ1) is 14.3. The lowest BCUT2D eigenvalue weighted by atomic mass is 9.48. The molecule has 7 heteroatoms. The fourth-order valence-electron chi connectivity index (χ4n) is 4.64. The molecule has 20 heavy (non-hydrogen) atoms. The Balaban J connectivity index is 1.66. The van der Waals surface area contributed by atoms with E-state index < -0.39 is 21.3 Å². The fourth-order valence-corrected chi connectivity index (χ4v) is 4.93. The number of aliphatic hydroxyl groups is 1. The fraction of sp³-hybridized carbons (Fsp3) is 0.923. The van der Waals surface area contributed by atoms with Gasteiger partial charge in [-0.25, -0.2) is 0 Å². The average molecular weight is 304 g/mol. The first-order chi connectivity index (χ1) is 9.29. The van der Waals surface area contributed by atoms with Crippen molar-refractivity contribution in [1.82, 2.24) is 0 Å². The molecule has 4 rings (SSSR count). The molecule has 4 bridgehead atoms. The third-order valence-electron chi connectivity index (χ3n) is 5.23. The maximum atomic E-state index is 12.3. The van der Waals surface area contributed by atoms with Gasteiger partial charge < -0.3 is 9.84 Å². The van der Waals surface area contributed by atoms with Crippen LogP contribution in [-0.2, 0) is 19.6 Å². The van der Waals surface area contributed by atoms with Crippen LogP contribution < -0.4 is 0 Å². The van der Waals surface area contributed by atoms with Gasteiger partial charge in [-0.1, -0.05) is 0 Å². The van der Waals surface area contributed by atoms with Gasteiger partial charge in [-0.05, 0) is 49.9 Å². The average Bonchev–Trinajstić information content (AvgIpc) is 2.33. The van der Waals surface area contributed by atoms with Crippen molar-refractivity contribution in [2.75, 3.05) is 12.4 Å². The van der Waals surface area contributed by atoms with E-state index in [-0.39, 0.29) is 30.5 Å². The van der Waals surface area contributed by atoms with E-state index in [0.29, 0.717) is 18.8 Å². The zero-order chi connectivity index (χ0) is 14.5. The highest BCUT2D eigenvalue weighted by Crippen LogP contribution is 2.60. The first-order valence-electron chi connectivity index (χ1n) is 7.09. The molecule has 0 aliphatic heterocycles. The molecule has 2 unspecified atom stereocenters. The van der Waals surface area contributed by atoms with Crippen LogP contribution in [0.3, 0.4) is 0 Å². The lowest BCUT2D eigenvalue weighted by Crippen LogP contribution is -2.56. The van der Waals surface area contributed by atoms with E-state index in [1.165, 1.54) is 0 Å². The maximum absolute atomic E-state index is 12.3. The van der Waals surface area contributed by atoms with Gasteiger partial charge in [0.2, 0.25) is 0 Å². The highest BCUT2D eigenvalue weighted by molar-refractivity contribution is 7.85. The molecule has 2 atom stereocenters. The Bertz CT molecular complexity index is 497. The lowest BCUT2D eigenvalue weighted by molar-refractivity contribution is -0.183. The van der Waals surface area contributed by atoms with Gasteiger partial charge >= 0.3 is 5.97 Å². The van der Waals surface area contributed by atoms with Crippen molar-refractivity contribution >= 4 is 16.1 Å². The summed E-state index contributed by atoms with van der Waals surface area (Å²) in [6.45, 7) is -0.304. The number of carbonyl (C=O) groups is 1. The number of hydrogen-bond acceptors (Lipinski definition) is 5. The molecule has 6 nitrogen and oxygen atoms in total. The highest BCUT2D eigenvalue weighted by atomic mass is 32.2. The third-order valence-corrected chi connectivity index (χ3v) is 5.91. The summed E-state index contributed by atoms with van der Waals surface area (Å²) >= 11 is 0. The molecule has 4 aliphatic carbocycles. The van der Waals surface area contributed by atoms with Crippen LogP contribution in [0.1, 0.15) is 32.1 Å². The molecule has 4 fully saturated rings. The molecule has 4 saturated carbocycles. The Morgan fingerprint density at radius 3 is 2.35 bits per heavy atom. The quantitative estimate of drug-likeness (QED) is 0.583. The first-order valence-corrected chi connectivity index (χ1v) is 8.70. The van der Waals surface area contributed by atoms with Crippen LogP contribution in [0.15, 0.2) is 0 Å². The van der Waals surface area contributed by atoms with Crippen molar-refractivity contribution < 1.29 is 27.6 Å². The van der Waals surface area contributed by atoms with Gasteiger partial charge in [-0.2, -0.15) is 8.42 Å². The van der Waals surface area contributed by atoms with Gasteiger partial charge in [0.05, 0.1) is 11.5 Å². The molecule has 2 N–H and O–H groups in total. The third kappa shape index (κ3) is 2.46. The predicted octanol–water partition coefficient (Wildman–Crippen LogP) is 0.605. The minimum atomic E-state index is -4.10. The van der Waals surface area contributed by atoms with Gasteiger partial charge in [0.1, 0.15) is 12.4 Å². The summed E-state index contributed by atoms with van der Waals surface area (Å²) in [6, 6.07) is 0. The Kier molecular flexibility index (Phi) is 3.34. The molecule has 0 amide bonds. The van der Waals surface area contributed by atoms with Crippen LogP contribution in [0.25, 0.3) is 0 Å². The normalized spacial score (nSPS) is 42.7. The number of ether oxygens (including phenoxy) is 1. The maximum Gasteiger partial charge on any atom is 0.312 e. The lowest BCUT2D eigenvalue weighted by Gasteiger charge is -2.57. The second-order valence-corrected chi connectivity index (χ2v) is 8.23. The Morgan fingerprint density at radius 1 is 1.20 bits per heavy atom. The van der Waals surface area contributed by atoms with Crippen LogP contribution >= 0.6 is 0 Å². The van der Waals surface area contributed by atoms with E-state index in [9.17, 15) is 18.3 Å². The Labute approximate surface area is 118 Å². The number of carbonyl (C=O) groups excluding carboxylic acids is 1. The van der Waals surface area contributed by atoms with Gasteiger partial charge in [0.15, 0.2) is 0 Å². The zero-order valence-electron chi connectivity index (χ0n) is 11.2. The van der Waals surface area contributed by atoms with Crippen LogP contribution in [0.5, 0.6) is 0 Å². The second kappa shape index (κ2) is 4.68. The molecule has 0 radical (unpaired) electrons.